The van der Waals surface area contributed by atoms with Gasteiger partial charge in [0.1, 0.15) is 0 Å². The first-order chi connectivity index (χ1) is 7.62. The van der Waals surface area contributed by atoms with E-state index >= 15 is 0 Å². The van der Waals surface area contributed by atoms with Crippen LogP contribution in [0.25, 0.3) is 0 Å². The molecular weight excluding hydrogens is 229 g/mol. The molecule has 1 aromatic carbocycles. The van der Waals surface area contributed by atoms with Crippen LogP contribution in [0.3, 0.4) is 0 Å². The third-order valence-corrected chi connectivity index (χ3v) is 2.87. The van der Waals surface area contributed by atoms with E-state index in [0.29, 0.717) is 5.56 Å². The number of rotatable bonds is 3. The summed E-state index contributed by atoms with van der Waals surface area (Å²) in [5, 5.41) is 10.2. The van der Waals surface area contributed by atoms with E-state index in [0.717, 1.165) is 11.1 Å². The molecular formula is C13H17F3O. The van der Waals surface area contributed by atoms with Gasteiger partial charge in [-0.2, -0.15) is 13.2 Å². The normalized spacial score (nSPS) is 15.7. The van der Waals surface area contributed by atoms with Gasteiger partial charge in [-0.3, -0.25) is 0 Å². The highest BCUT2D eigenvalue weighted by atomic mass is 19.4. The highest BCUT2D eigenvalue weighted by Crippen LogP contribution is 2.33. The van der Waals surface area contributed by atoms with Crippen molar-refractivity contribution in [2.45, 2.75) is 45.4 Å². The van der Waals surface area contributed by atoms with Crippen molar-refractivity contribution in [1.82, 2.24) is 0 Å². The average Bonchev–Trinajstić information content (AvgIpc) is 2.18. The Balaban J connectivity index is 2.92. The molecule has 0 bridgehead atoms. The van der Waals surface area contributed by atoms with Gasteiger partial charge in [0.25, 0.3) is 0 Å². The SMILES string of the molecule is Cc1ccc(C)c(C(C)(O)CCC(F)(F)F)c1. The fourth-order valence-corrected chi connectivity index (χ4v) is 1.84. The molecule has 1 atom stereocenters. The molecule has 96 valence electrons. The zero-order valence-electron chi connectivity index (χ0n) is 10.2. The molecule has 1 nitrogen and oxygen atoms in total. The number of halogens is 3. The third kappa shape index (κ3) is 4.04. The number of alkyl halides is 3. The first-order valence-electron chi connectivity index (χ1n) is 5.49. The van der Waals surface area contributed by atoms with Gasteiger partial charge in [0.15, 0.2) is 0 Å². The highest BCUT2D eigenvalue weighted by Gasteiger charge is 2.33. The molecule has 1 rings (SSSR count). The molecule has 0 aliphatic heterocycles. The van der Waals surface area contributed by atoms with E-state index in [-0.39, 0.29) is 6.42 Å². The molecule has 0 aliphatic rings. The van der Waals surface area contributed by atoms with Gasteiger partial charge >= 0.3 is 6.18 Å². The summed E-state index contributed by atoms with van der Waals surface area (Å²) in [5.41, 5.74) is 0.869. The van der Waals surface area contributed by atoms with Crippen molar-refractivity contribution < 1.29 is 18.3 Å². The van der Waals surface area contributed by atoms with Crippen molar-refractivity contribution in [3.63, 3.8) is 0 Å². The van der Waals surface area contributed by atoms with E-state index in [1.54, 1.807) is 13.0 Å². The molecule has 0 spiro atoms. The van der Waals surface area contributed by atoms with Crippen molar-refractivity contribution >= 4 is 0 Å². The van der Waals surface area contributed by atoms with Gasteiger partial charge in [0.2, 0.25) is 0 Å². The molecule has 0 radical (unpaired) electrons. The van der Waals surface area contributed by atoms with Crippen LogP contribution in [-0.2, 0) is 5.60 Å². The maximum absolute atomic E-state index is 12.2. The van der Waals surface area contributed by atoms with Crippen molar-refractivity contribution in [1.29, 1.82) is 0 Å². The summed E-state index contributed by atoms with van der Waals surface area (Å²) in [6, 6.07) is 5.43. The Labute approximate surface area is 99.3 Å². The molecule has 0 amide bonds. The van der Waals surface area contributed by atoms with Crippen LogP contribution in [0, 0.1) is 13.8 Å². The smallest absolute Gasteiger partial charge is 0.385 e. The Morgan fingerprint density at radius 3 is 2.24 bits per heavy atom. The van der Waals surface area contributed by atoms with Crippen LogP contribution in [0.15, 0.2) is 18.2 Å². The fourth-order valence-electron chi connectivity index (χ4n) is 1.84. The second-order valence-electron chi connectivity index (χ2n) is 4.71. The van der Waals surface area contributed by atoms with Crippen LogP contribution in [0.2, 0.25) is 0 Å². The number of hydrogen-bond acceptors (Lipinski definition) is 1. The standard InChI is InChI=1S/C13H17F3O/c1-9-4-5-10(2)11(8-9)12(3,17)6-7-13(14,15)16/h4-5,8,17H,6-7H2,1-3H3. The van der Waals surface area contributed by atoms with E-state index in [4.69, 9.17) is 0 Å². The van der Waals surface area contributed by atoms with Crippen molar-refractivity contribution in [3.8, 4) is 0 Å². The Kier molecular flexibility index (Phi) is 3.87. The van der Waals surface area contributed by atoms with Gasteiger partial charge in [-0.1, -0.05) is 23.8 Å². The molecule has 0 heterocycles. The van der Waals surface area contributed by atoms with Crippen LogP contribution < -0.4 is 0 Å². The van der Waals surface area contributed by atoms with Crippen molar-refractivity contribution in [3.05, 3.63) is 34.9 Å². The van der Waals surface area contributed by atoms with Gasteiger partial charge in [0, 0.05) is 6.42 Å². The monoisotopic (exact) mass is 246 g/mol. The van der Waals surface area contributed by atoms with E-state index in [2.05, 4.69) is 0 Å². The summed E-state index contributed by atoms with van der Waals surface area (Å²) in [4.78, 5) is 0. The second kappa shape index (κ2) is 4.69. The largest absolute Gasteiger partial charge is 0.389 e. The summed E-state index contributed by atoms with van der Waals surface area (Å²) in [7, 11) is 0. The number of aryl methyl sites for hydroxylation is 2. The number of aliphatic hydroxyl groups is 1. The summed E-state index contributed by atoms with van der Waals surface area (Å²) in [5.74, 6) is 0. The van der Waals surface area contributed by atoms with Crippen LogP contribution in [0.5, 0.6) is 0 Å². The predicted molar refractivity (Wildman–Crippen MR) is 60.8 cm³/mol. The van der Waals surface area contributed by atoms with Crippen molar-refractivity contribution in [2.75, 3.05) is 0 Å². The van der Waals surface area contributed by atoms with Gasteiger partial charge < -0.3 is 5.11 Å². The molecule has 1 unspecified atom stereocenters. The molecule has 0 aliphatic carbocycles. The molecule has 0 saturated carbocycles. The first kappa shape index (κ1) is 14.0. The summed E-state index contributed by atoms with van der Waals surface area (Å²) < 4.78 is 36.5. The molecule has 1 aromatic rings. The van der Waals surface area contributed by atoms with Gasteiger partial charge in [-0.25, -0.2) is 0 Å². The van der Waals surface area contributed by atoms with Crippen LogP contribution in [0.1, 0.15) is 36.5 Å². The molecule has 17 heavy (non-hydrogen) atoms. The maximum Gasteiger partial charge on any atom is 0.389 e. The molecule has 0 fully saturated rings. The third-order valence-electron chi connectivity index (χ3n) is 2.87. The number of benzene rings is 1. The number of hydrogen-bond donors (Lipinski definition) is 1. The predicted octanol–water partition coefficient (Wildman–Crippen LogP) is 3.85. The lowest BCUT2D eigenvalue weighted by atomic mass is 9.87. The fraction of sp³-hybridized carbons (Fsp3) is 0.538. The molecule has 4 heteroatoms. The van der Waals surface area contributed by atoms with Crippen LogP contribution in [0.4, 0.5) is 13.2 Å². The Bertz CT molecular complexity index is 394. The summed E-state index contributed by atoms with van der Waals surface area (Å²) in [6.45, 7) is 5.07. The lowest BCUT2D eigenvalue weighted by Gasteiger charge is -2.26. The lowest BCUT2D eigenvalue weighted by Crippen LogP contribution is -2.25. The minimum atomic E-state index is -4.23. The Hall–Kier alpha value is -1.03. The summed E-state index contributed by atoms with van der Waals surface area (Å²) >= 11 is 0. The van der Waals surface area contributed by atoms with E-state index in [9.17, 15) is 18.3 Å². The maximum atomic E-state index is 12.2. The zero-order chi connectivity index (χ0) is 13.3. The quantitative estimate of drug-likeness (QED) is 0.858. The molecule has 0 aromatic heterocycles. The zero-order valence-corrected chi connectivity index (χ0v) is 10.2. The Morgan fingerprint density at radius 2 is 1.71 bits per heavy atom. The van der Waals surface area contributed by atoms with Crippen LogP contribution >= 0.6 is 0 Å². The molecule has 0 saturated heterocycles. The topological polar surface area (TPSA) is 20.2 Å². The van der Waals surface area contributed by atoms with E-state index < -0.39 is 18.2 Å². The van der Waals surface area contributed by atoms with Crippen molar-refractivity contribution in [2.24, 2.45) is 0 Å². The molecule has 1 N–H and O–H groups in total. The lowest BCUT2D eigenvalue weighted by molar-refractivity contribution is -0.146. The first-order valence-corrected chi connectivity index (χ1v) is 5.49. The highest BCUT2D eigenvalue weighted by molar-refractivity contribution is 5.34. The minimum Gasteiger partial charge on any atom is -0.385 e. The second-order valence-corrected chi connectivity index (χ2v) is 4.71. The van der Waals surface area contributed by atoms with Gasteiger partial charge in [-0.15, -0.1) is 0 Å². The van der Waals surface area contributed by atoms with Gasteiger partial charge in [0.05, 0.1) is 5.60 Å². The van der Waals surface area contributed by atoms with E-state index in [1.165, 1.54) is 6.92 Å². The van der Waals surface area contributed by atoms with Crippen LogP contribution in [-0.4, -0.2) is 11.3 Å². The average molecular weight is 246 g/mol. The van der Waals surface area contributed by atoms with E-state index in [1.807, 2.05) is 19.1 Å². The summed E-state index contributed by atoms with van der Waals surface area (Å²) in [6.07, 6.45) is -5.53. The minimum absolute atomic E-state index is 0.319. The van der Waals surface area contributed by atoms with Gasteiger partial charge in [-0.05, 0) is 38.3 Å². The Morgan fingerprint density at radius 1 is 1.12 bits per heavy atom.